The summed E-state index contributed by atoms with van der Waals surface area (Å²) < 4.78 is 0. The van der Waals surface area contributed by atoms with Crippen LogP contribution in [0.4, 0.5) is 5.69 Å². The number of carbonyl (C=O) groups excluding carboxylic acids is 1. The summed E-state index contributed by atoms with van der Waals surface area (Å²) in [6.45, 7) is 8.05. The maximum Gasteiger partial charge on any atom is 0.228 e. The number of fused-ring (bicyclic) bond motifs is 1. The van der Waals surface area contributed by atoms with Gasteiger partial charge in [-0.3, -0.25) is 4.79 Å². The average Bonchev–Trinajstić information content (AvgIpc) is 2.47. The van der Waals surface area contributed by atoms with Gasteiger partial charge in [0.25, 0.3) is 0 Å². The first-order valence-corrected chi connectivity index (χ1v) is 7.80. The lowest BCUT2D eigenvalue weighted by molar-refractivity contribution is -0.135. The molecule has 1 aromatic carbocycles. The van der Waals surface area contributed by atoms with E-state index in [2.05, 4.69) is 38.2 Å². The number of amides is 1. The monoisotopic (exact) mass is 274 g/mol. The van der Waals surface area contributed by atoms with Crippen LogP contribution in [-0.4, -0.2) is 29.9 Å². The Morgan fingerprint density at radius 3 is 2.80 bits per heavy atom. The third-order valence-electron chi connectivity index (χ3n) is 4.24. The zero-order valence-corrected chi connectivity index (χ0v) is 12.9. The van der Waals surface area contributed by atoms with Crippen LogP contribution in [-0.2, 0) is 11.2 Å². The molecular formula is C17H26N2O. The van der Waals surface area contributed by atoms with Crippen LogP contribution in [0.5, 0.6) is 0 Å². The molecule has 2 unspecified atom stereocenters. The summed E-state index contributed by atoms with van der Waals surface area (Å²) >= 11 is 0. The highest BCUT2D eigenvalue weighted by Crippen LogP contribution is 2.29. The van der Waals surface area contributed by atoms with Crippen LogP contribution in [0.25, 0.3) is 0 Å². The second-order valence-corrected chi connectivity index (χ2v) is 5.67. The van der Waals surface area contributed by atoms with Crippen LogP contribution < -0.4 is 5.32 Å². The molecule has 110 valence electrons. The summed E-state index contributed by atoms with van der Waals surface area (Å²) in [5, 5.41) is 3.48. The summed E-state index contributed by atoms with van der Waals surface area (Å²) in [7, 11) is 0. The van der Waals surface area contributed by atoms with Gasteiger partial charge in [0.05, 0.1) is 5.92 Å². The fourth-order valence-corrected chi connectivity index (χ4v) is 2.91. The maximum atomic E-state index is 12.7. The van der Waals surface area contributed by atoms with Gasteiger partial charge in [0.1, 0.15) is 0 Å². The molecule has 1 N–H and O–H groups in total. The van der Waals surface area contributed by atoms with Crippen molar-refractivity contribution in [2.45, 2.75) is 46.1 Å². The summed E-state index contributed by atoms with van der Waals surface area (Å²) in [6.07, 6.45) is 3.07. The molecular weight excluding hydrogens is 248 g/mol. The molecule has 0 bridgehead atoms. The van der Waals surface area contributed by atoms with Gasteiger partial charge in [-0.15, -0.1) is 0 Å². The molecule has 0 radical (unpaired) electrons. The van der Waals surface area contributed by atoms with E-state index in [4.69, 9.17) is 0 Å². The predicted molar refractivity (Wildman–Crippen MR) is 83.9 cm³/mol. The molecule has 20 heavy (non-hydrogen) atoms. The molecule has 0 saturated heterocycles. The fourth-order valence-electron chi connectivity index (χ4n) is 2.91. The molecule has 0 spiro atoms. The van der Waals surface area contributed by atoms with E-state index in [1.54, 1.807) is 0 Å². The molecule has 3 heteroatoms. The quantitative estimate of drug-likeness (QED) is 0.893. The first-order chi connectivity index (χ1) is 9.67. The number of nitrogens with one attached hydrogen (secondary N) is 1. The molecule has 1 amide bonds. The van der Waals surface area contributed by atoms with Gasteiger partial charge in [0, 0.05) is 24.8 Å². The van der Waals surface area contributed by atoms with Crippen molar-refractivity contribution in [2.24, 2.45) is 5.92 Å². The number of carbonyl (C=O) groups is 1. The maximum absolute atomic E-state index is 12.7. The van der Waals surface area contributed by atoms with Gasteiger partial charge in [-0.1, -0.05) is 31.5 Å². The van der Waals surface area contributed by atoms with E-state index in [1.165, 1.54) is 11.3 Å². The van der Waals surface area contributed by atoms with Crippen molar-refractivity contribution in [1.82, 2.24) is 4.90 Å². The summed E-state index contributed by atoms with van der Waals surface area (Å²) in [5.74, 6) is 0.358. The van der Waals surface area contributed by atoms with Gasteiger partial charge < -0.3 is 10.2 Å². The molecule has 1 aliphatic rings. The highest BCUT2D eigenvalue weighted by atomic mass is 16.2. The topological polar surface area (TPSA) is 32.3 Å². The van der Waals surface area contributed by atoms with Crippen LogP contribution in [0.15, 0.2) is 24.3 Å². The largest absolute Gasteiger partial charge is 0.382 e. The lowest BCUT2D eigenvalue weighted by atomic mass is 9.87. The Balaban J connectivity index is 2.10. The number of rotatable bonds is 5. The number of para-hydroxylation sites is 1. The molecule has 0 aliphatic carbocycles. The number of nitrogens with zero attached hydrogens (tertiary/aromatic N) is 1. The molecule has 1 aromatic rings. The van der Waals surface area contributed by atoms with Gasteiger partial charge in [-0.25, -0.2) is 0 Å². The molecule has 2 atom stereocenters. The number of benzene rings is 1. The van der Waals surface area contributed by atoms with Crippen molar-refractivity contribution in [1.29, 1.82) is 0 Å². The molecule has 3 nitrogen and oxygen atoms in total. The Bertz CT molecular complexity index is 458. The zero-order chi connectivity index (χ0) is 14.5. The normalized spacial score (nSPS) is 20.9. The number of hydrogen-bond acceptors (Lipinski definition) is 2. The van der Waals surface area contributed by atoms with E-state index < -0.39 is 0 Å². The minimum atomic E-state index is 0.0571. The van der Waals surface area contributed by atoms with Gasteiger partial charge in [0.15, 0.2) is 0 Å². The van der Waals surface area contributed by atoms with Gasteiger partial charge >= 0.3 is 0 Å². The van der Waals surface area contributed by atoms with Crippen LogP contribution in [0.1, 0.15) is 39.2 Å². The van der Waals surface area contributed by atoms with E-state index in [9.17, 15) is 4.79 Å². The van der Waals surface area contributed by atoms with Crippen LogP contribution in [0.3, 0.4) is 0 Å². The summed E-state index contributed by atoms with van der Waals surface area (Å²) in [4.78, 5) is 14.8. The zero-order valence-electron chi connectivity index (χ0n) is 12.9. The SMILES string of the molecule is CCCCN(CC)C(=O)C1Cc2ccccc2NC1C. The van der Waals surface area contributed by atoms with Gasteiger partial charge in [-0.05, 0) is 38.3 Å². The molecule has 1 heterocycles. The summed E-state index contributed by atoms with van der Waals surface area (Å²) in [6, 6.07) is 8.51. The minimum Gasteiger partial charge on any atom is -0.382 e. The highest BCUT2D eigenvalue weighted by molar-refractivity contribution is 5.81. The van der Waals surface area contributed by atoms with Crippen LogP contribution in [0, 0.1) is 5.92 Å². The third-order valence-corrected chi connectivity index (χ3v) is 4.24. The Morgan fingerprint density at radius 2 is 2.10 bits per heavy atom. The predicted octanol–water partition coefficient (Wildman–Crippen LogP) is 3.31. The lowest BCUT2D eigenvalue weighted by Gasteiger charge is -2.35. The highest BCUT2D eigenvalue weighted by Gasteiger charge is 2.32. The lowest BCUT2D eigenvalue weighted by Crippen LogP contribution is -2.45. The van der Waals surface area contributed by atoms with E-state index in [0.29, 0.717) is 5.91 Å². The van der Waals surface area contributed by atoms with Gasteiger partial charge in [-0.2, -0.15) is 0 Å². The Morgan fingerprint density at radius 1 is 1.35 bits per heavy atom. The second kappa shape index (κ2) is 6.78. The van der Waals surface area contributed by atoms with E-state index in [-0.39, 0.29) is 12.0 Å². The molecule has 0 saturated carbocycles. The average molecular weight is 274 g/mol. The molecule has 0 aromatic heterocycles. The summed E-state index contributed by atoms with van der Waals surface area (Å²) in [5.41, 5.74) is 2.44. The number of unbranched alkanes of at least 4 members (excludes halogenated alkanes) is 1. The van der Waals surface area contributed by atoms with E-state index in [0.717, 1.165) is 32.4 Å². The number of anilines is 1. The van der Waals surface area contributed by atoms with Crippen molar-refractivity contribution in [3.05, 3.63) is 29.8 Å². The first-order valence-electron chi connectivity index (χ1n) is 7.80. The van der Waals surface area contributed by atoms with Gasteiger partial charge in [0.2, 0.25) is 5.91 Å². The third kappa shape index (κ3) is 3.14. The Labute approximate surface area is 122 Å². The van der Waals surface area contributed by atoms with Crippen LogP contribution in [0.2, 0.25) is 0 Å². The minimum absolute atomic E-state index is 0.0571. The molecule has 0 fully saturated rings. The Kier molecular flexibility index (Phi) is 5.05. The van der Waals surface area contributed by atoms with E-state index >= 15 is 0 Å². The van der Waals surface area contributed by atoms with Crippen molar-refractivity contribution in [3.63, 3.8) is 0 Å². The van der Waals surface area contributed by atoms with Crippen molar-refractivity contribution >= 4 is 11.6 Å². The second-order valence-electron chi connectivity index (χ2n) is 5.67. The Hall–Kier alpha value is -1.51. The van der Waals surface area contributed by atoms with Crippen molar-refractivity contribution < 1.29 is 4.79 Å². The smallest absolute Gasteiger partial charge is 0.228 e. The van der Waals surface area contributed by atoms with Crippen LogP contribution >= 0.6 is 0 Å². The standard InChI is InChI=1S/C17H26N2O/c1-4-6-11-19(5-2)17(20)15-12-14-9-7-8-10-16(14)18-13(15)3/h7-10,13,15,18H,4-6,11-12H2,1-3H3. The fraction of sp³-hybridized carbons (Fsp3) is 0.588. The van der Waals surface area contributed by atoms with E-state index in [1.807, 2.05) is 17.0 Å². The molecule has 2 rings (SSSR count). The van der Waals surface area contributed by atoms with Crippen molar-refractivity contribution in [3.8, 4) is 0 Å². The van der Waals surface area contributed by atoms with Crippen molar-refractivity contribution in [2.75, 3.05) is 18.4 Å². The number of hydrogen-bond donors (Lipinski definition) is 1. The molecule has 1 aliphatic heterocycles. The first kappa shape index (κ1) is 14.9.